The fourth-order valence-corrected chi connectivity index (χ4v) is 2.49. The van der Waals surface area contributed by atoms with Gasteiger partial charge in [0.15, 0.2) is 0 Å². The Morgan fingerprint density at radius 1 is 1.50 bits per heavy atom. The molecular formula is C13H14BrFN2O3. The van der Waals surface area contributed by atoms with E-state index in [1.165, 1.54) is 24.1 Å². The Balaban J connectivity index is 2.04. The molecule has 1 aliphatic rings. The van der Waals surface area contributed by atoms with Crippen LogP contribution < -0.4 is 5.32 Å². The van der Waals surface area contributed by atoms with Gasteiger partial charge in [0.25, 0.3) is 5.91 Å². The summed E-state index contributed by atoms with van der Waals surface area (Å²) < 4.78 is 18.6. The van der Waals surface area contributed by atoms with Crippen LogP contribution in [-0.4, -0.2) is 43.1 Å². The van der Waals surface area contributed by atoms with E-state index in [-0.39, 0.29) is 22.0 Å². The quantitative estimate of drug-likeness (QED) is 0.894. The third-order valence-electron chi connectivity index (χ3n) is 3.16. The van der Waals surface area contributed by atoms with Gasteiger partial charge < -0.3 is 15.0 Å². The van der Waals surface area contributed by atoms with Crippen LogP contribution in [0.25, 0.3) is 0 Å². The SMILES string of the molecule is COC(=O)NC1CCN(C(=O)c2cccc(Br)c2F)C1. The lowest BCUT2D eigenvalue weighted by Crippen LogP contribution is -2.38. The number of carbonyl (C=O) groups is 2. The molecule has 1 heterocycles. The summed E-state index contributed by atoms with van der Waals surface area (Å²) in [5.74, 6) is -0.945. The molecule has 0 saturated carbocycles. The number of nitrogens with zero attached hydrogens (tertiary/aromatic N) is 1. The minimum absolute atomic E-state index is 0.0260. The molecule has 7 heteroatoms. The largest absolute Gasteiger partial charge is 0.453 e. The maximum Gasteiger partial charge on any atom is 0.407 e. The maximum absolute atomic E-state index is 13.9. The van der Waals surface area contributed by atoms with Gasteiger partial charge in [0.2, 0.25) is 0 Å². The Morgan fingerprint density at radius 3 is 2.95 bits per heavy atom. The molecule has 1 aromatic carbocycles. The second kappa shape index (κ2) is 6.21. The summed E-state index contributed by atoms with van der Waals surface area (Å²) in [6.45, 7) is 0.819. The number of carbonyl (C=O) groups excluding carboxylic acids is 2. The monoisotopic (exact) mass is 344 g/mol. The molecule has 2 rings (SSSR count). The first kappa shape index (κ1) is 14.8. The highest BCUT2D eigenvalue weighted by Gasteiger charge is 2.29. The Kier molecular flexibility index (Phi) is 4.59. The molecule has 0 radical (unpaired) electrons. The second-order valence-electron chi connectivity index (χ2n) is 4.47. The fraction of sp³-hybridized carbons (Fsp3) is 0.385. The van der Waals surface area contributed by atoms with E-state index in [1.807, 2.05) is 0 Å². The van der Waals surface area contributed by atoms with Crippen molar-refractivity contribution in [1.29, 1.82) is 0 Å². The first-order valence-electron chi connectivity index (χ1n) is 6.10. The number of nitrogens with one attached hydrogen (secondary N) is 1. The van der Waals surface area contributed by atoms with Gasteiger partial charge in [0, 0.05) is 13.1 Å². The van der Waals surface area contributed by atoms with Gasteiger partial charge in [-0.1, -0.05) is 6.07 Å². The van der Waals surface area contributed by atoms with E-state index in [1.54, 1.807) is 6.07 Å². The highest BCUT2D eigenvalue weighted by atomic mass is 79.9. The third-order valence-corrected chi connectivity index (χ3v) is 3.78. The van der Waals surface area contributed by atoms with Gasteiger partial charge >= 0.3 is 6.09 Å². The van der Waals surface area contributed by atoms with Crippen LogP contribution in [0.15, 0.2) is 22.7 Å². The summed E-state index contributed by atoms with van der Waals surface area (Å²) in [6, 6.07) is 4.43. The summed E-state index contributed by atoms with van der Waals surface area (Å²) in [4.78, 5) is 24.9. The van der Waals surface area contributed by atoms with Crippen LogP contribution in [0.4, 0.5) is 9.18 Å². The average Bonchev–Trinajstić information content (AvgIpc) is 2.89. The summed E-state index contributed by atoms with van der Waals surface area (Å²) in [5.41, 5.74) is 0.0260. The Bertz CT molecular complexity index is 538. The lowest BCUT2D eigenvalue weighted by Gasteiger charge is -2.17. The highest BCUT2D eigenvalue weighted by molar-refractivity contribution is 9.10. The van der Waals surface area contributed by atoms with Crippen molar-refractivity contribution in [3.05, 3.63) is 34.1 Å². The van der Waals surface area contributed by atoms with Crippen molar-refractivity contribution in [3.63, 3.8) is 0 Å². The Hall–Kier alpha value is -1.63. The molecule has 1 aromatic rings. The van der Waals surface area contributed by atoms with E-state index in [4.69, 9.17) is 0 Å². The van der Waals surface area contributed by atoms with Crippen LogP contribution in [0, 0.1) is 5.82 Å². The van der Waals surface area contributed by atoms with Crippen molar-refractivity contribution in [1.82, 2.24) is 10.2 Å². The molecule has 1 atom stereocenters. The van der Waals surface area contributed by atoms with Gasteiger partial charge in [-0.05, 0) is 34.5 Å². The number of alkyl carbamates (subject to hydrolysis) is 1. The maximum atomic E-state index is 13.9. The number of amides is 2. The molecule has 5 nitrogen and oxygen atoms in total. The summed E-state index contributed by atoms with van der Waals surface area (Å²) >= 11 is 3.06. The molecule has 0 bridgehead atoms. The first-order chi connectivity index (χ1) is 9.52. The zero-order valence-electron chi connectivity index (χ0n) is 10.9. The second-order valence-corrected chi connectivity index (χ2v) is 5.33. The van der Waals surface area contributed by atoms with Crippen molar-refractivity contribution < 1.29 is 18.7 Å². The van der Waals surface area contributed by atoms with Gasteiger partial charge in [0.1, 0.15) is 5.82 Å². The smallest absolute Gasteiger partial charge is 0.407 e. The van der Waals surface area contributed by atoms with Gasteiger partial charge in [-0.15, -0.1) is 0 Å². The predicted octanol–water partition coefficient (Wildman–Crippen LogP) is 2.16. The van der Waals surface area contributed by atoms with Gasteiger partial charge in [-0.2, -0.15) is 0 Å². The van der Waals surface area contributed by atoms with Crippen molar-refractivity contribution in [2.24, 2.45) is 0 Å². The molecule has 1 aliphatic heterocycles. The molecule has 0 aliphatic carbocycles. The lowest BCUT2D eigenvalue weighted by molar-refractivity contribution is 0.0783. The number of benzene rings is 1. The average molecular weight is 345 g/mol. The number of likely N-dealkylation sites (tertiary alicyclic amines) is 1. The Labute approximate surface area is 124 Å². The van der Waals surface area contributed by atoms with Gasteiger partial charge in [0.05, 0.1) is 23.2 Å². The number of hydrogen-bond donors (Lipinski definition) is 1. The zero-order valence-corrected chi connectivity index (χ0v) is 12.4. The number of methoxy groups -OCH3 is 1. The van der Waals surface area contributed by atoms with E-state index < -0.39 is 11.9 Å². The van der Waals surface area contributed by atoms with Gasteiger partial charge in [-0.25, -0.2) is 9.18 Å². The fourth-order valence-electron chi connectivity index (χ4n) is 2.13. The van der Waals surface area contributed by atoms with Crippen LogP contribution >= 0.6 is 15.9 Å². The summed E-state index contributed by atoms with van der Waals surface area (Å²) in [7, 11) is 1.28. The number of hydrogen-bond acceptors (Lipinski definition) is 3. The normalized spacial score (nSPS) is 17.9. The van der Waals surface area contributed by atoms with E-state index in [9.17, 15) is 14.0 Å². The molecule has 1 saturated heterocycles. The molecule has 2 amide bonds. The molecular weight excluding hydrogens is 331 g/mol. The third kappa shape index (κ3) is 3.09. The van der Waals surface area contributed by atoms with E-state index >= 15 is 0 Å². The van der Waals surface area contributed by atoms with E-state index in [0.717, 1.165) is 0 Å². The molecule has 1 unspecified atom stereocenters. The minimum Gasteiger partial charge on any atom is -0.453 e. The molecule has 1 N–H and O–H groups in total. The standard InChI is InChI=1S/C13H14BrFN2O3/c1-20-13(19)16-8-5-6-17(7-8)12(18)9-3-2-4-10(14)11(9)15/h2-4,8H,5-7H2,1H3,(H,16,19). The number of ether oxygens (including phenoxy) is 1. The van der Waals surface area contributed by atoms with Crippen molar-refractivity contribution in [2.45, 2.75) is 12.5 Å². The van der Waals surface area contributed by atoms with E-state index in [0.29, 0.717) is 19.5 Å². The molecule has 1 fully saturated rings. The minimum atomic E-state index is -0.568. The topological polar surface area (TPSA) is 58.6 Å². The molecule has 0 spiro atoms. The van der Waals surface area contributed by atoms with E-state index in [2.05, 4.69) is 26.0 Å². The van der Waals surface area contributed by atoms with Crippen molar-refractivity contribution >= 4 is 27.9 Å². The molecule has 108 valence electrons. The van der Waals surface area contributed by atoms with Crippen molar-refractivity contribution in [3.8, 4) is 0 Å². The Morgan fingerprint density at radius 2 is 2.25 bits per heavy atom. The van der Waals surface area contributed by atoms with Crippen LogP contribution in [-0.2, 0) is 4.74 Å². The summed E-state index contributed by atoms with van der Waals surface area (Å²) in [6.07, 6.45) is 0.0918. The van der Waals surface area contributed by atoms with Crippen LogP contribution in [0.2, 0.25) is 0 Å². The number of rotatable bonds is 2. The lowest BCUT2D eigenvalue weighted by atomic mass is 10.2. The highest BCUT2D eigenvalue weighted by Crippen LogP contribution is 2.21. The zero-order chi connectivity index (χ0) is 14.7. The van der Waals surface area contributed by atoms with Crippen LogP contribution in [0.1, 0.15) is 16.8 Å². The first-order valence-corrected chi connectivity index (χ1v) is 6.90. The number of halogens is 2. The predicted molar refractivity (Wildman–Crippen MR) is 73.9 cm³/mol. The van der Waals surface area contributed by atoms with Crippen LogP contribution in [0.5, 0.6) is 0 Å². The van der Waals surface area contributed by atoms with Crippen LogP contribution in [0.3, 0.4) is 0 Å². The van der Waals surface area contributed by atoms with Gasteiger partial charge in [-0.3, -0.25) is 4.79 Å². The summed E-state index contributed by atoms with van der Waals surface area (Å²) in [5, 5.41) is 2.63. The molecule has 20 heavy (non-hydrogen) atoms. The van der Waals surface area contributed by atoms with Crippen molar-refractivity contribution in [2.75, 3.05) is 20.2 Å². The molecule has 0 aromatic heterocycles.